The Kier molecular flexibility index (Phi) is 5.28. The number of morpholine rings is 1. The van der Waals surface area contributed by atoms with Gasteiger partial charge in [0.05, 0.1) is 19.3 Å². The fourth-order valence-electron chi connectivity index (χ4n) is 3.96. The molecular formula is C21H24FN3O3. The van der Waals surface area contributed by atoms with Gasteiger partial charge in [-0.25, -0.2) is 9.37 Å². The second-order valence-corrected chi connectivity index (χ2v) is 7.38. The first-order valence-corrected chi connectivity index (χ1v) is 9.49. The summed E-state index contributed by atoms with van der Waals surface area (Å²) in [6.45, 7) is 3.07. The fraction of sp³-hybridized carbons (Fsp3) is 0.429. The number of nitrogens with zero attached hydrogens (tertiary/aromatic N) is 3. The number of aromatic nitrogens is 1. The highest BCUT2D eigenvalue weighted by molar-refractivity contribution is 5.95. The van der Waals surface area contributed by atoms with Gasteiger partial charge in [-0.2, -0.15) is 0 Å². The van der Waals surface area contributed by atoms with Crippen LogP contribution >= 0.6 is 0 Å². The molecule has 148 valence electrons. The van der Waals surface area contributed by atoms with Gasteiger partial charge in [-0.3, -0.25) is 9.69 Å². The highest BCUT2D eigenvalue weighted by Gasteiger charge is 2.42. The van der Waals surface area contributed by atoms with E-state index in [0.29, 0.717) is 12.4 Å². The first-order chi connectivity index (χ1) is 13.6. The lowest BCUT2D eigenvalue weighted by molar-refractivity contribution is -0.145. The van der Waals surface area contributed by atoms with Crippen LogP contribution in [-0.2, 0) is 16.1 Å². The van der Waals surface area contributed by atoms with E-state index in [2.05, 4.69) is 9.88 Å². The minimum Gasteiger partial charge on any atom is -0.481 e. The zero-order valence-corrected chi connectivity index (χ0v) is 15.9. The Morgan fingerprint density at radius 2 is 1.96 bits per heavy atom. The second kappa shape index (κ2) is 7.85. The van der Waals surface area contributed by atoms with Crippen LogP contribution in [-0.4, -0.2) is 54.7 Å². The molecule has 0 atom stereocenters. The normalized spacial score (nSPS) is 19.8. The highest BCUT2D eigenvalue weighted by atomic mass is 19.1. The van der Waals surface area contributed by atoms with Gasteiger partial charge >= 0.3 is 0 Å². The molecule has 3 heterocycles. The van der Waals surface area contributed by atoms with Gasteiger partial charge in [0.25, 0.3) is 5.91 Å². The Morgan fingerprint density at radius 3 is 2.68 bits per heavy atom. The first kappa shape index (κ1) is 18.8. The summed E-state index contributed by atoms with van der Waals surface area (Å²) in [4.78, 5) is 20.7. The molecule has 28 heavy (non-hydrogen) atoms. The third-order valence-electron chi connectivity index (χ3n) is 5.59. The van der Waals surface area contributed by atoms with Crippen LogP contribution in [0.1, 0.15) is 18.4 Å². The van der Waals surface area contributed by atoms with Crippen molar-refractivity contribution in [1.82, 2.24) is 9.88 Å². The van der Waals surface area contributed by atoms with E-state index in [1.807, 2.05) is 12.1 Å². The Balaban J connectivity index is 1.41. The number of hydrogen-bond donors (Lipinski definition) is 0. The molecule has 2 saturated heterocycles. The van der Waals surface area contributed by atoms with Crippen LogP contribution in [0.15, 0.2) is 42.6 Å². The van der Waals surface area contributed by atoms with Crippen LogP contribution in [0.5, 0.6) is 5.88 Å². The smallest absolute Gasteiger partial charge is 0.253 e. The van der Waals surface area contributed by atoms with E-state index in [0.717, 1.165) is 43.7 Å². The maximum atomic E-state index is 13.2. The zero-order valence-electron chi connectivity index (χ0n) is 15.9. The van der Waals surface area contributed by atoms with E-state index in [1.165, 1.54) is 12.1 Å². The van der Waals surface area contributed by atoms with E-state index in [1.54, 1.807) is 30.3 Å². The van der Waals surface area contributed by atoms with E-state index in [9.17, 15) is 9.18 Å². The van der Waals surface area contributed by atoms with E-state index < -0.39 is 0 Å². The van der Waals surface area contributed by atoms with E-state index >= 15 is 0 Å². The predicted molar refractivity (Wildman–Crippen MR) is 103 cm³/mol. The van der Waals surface area contributed by atoms with Crippen molar-refractivity contribution in [1.29, 1.82) is 0 Å². The molecule has 0 bridgehead atoms. The summed E-state index contributed by atoms with van der Waals surface area (Å²) in [6.07, 6.45) is 3.39. The lowest BCUT2D eigenvalue weighted by Crippen LogP contribution is -2.58. The third kappa shape index (κ3) is 3.86. The molecule has 7 heteroatoms. The fourth-order valence-corrected chi connectivity index (χ4v) is 3.96. The number of carbonyl (C=O) groups excluding carboxylic acids is 1. The number of halogens is 1. The third-order valence-corrected chi connectivity index (χ3v) is 5.59. The minimum atomic E-state index is -0.349. The van der Waals surface area contributed by atoms with Crippen molar-refractivity contribution < 1.29 is 18.7 Å². The molecule has 1 amide bonds. The summed E-state index contributed by atoms with van der Waals surface area (Å²) in [5.41, 5.74) is 1.43. The lowest BCUT2D eigenvalue weighted by Gasteiger charge is -2.47. The number of benzene rings is 1. The number of pyridine rings is 1. The van der Waals surface area contributed by atoms with Crippen LogP contribution in [0, 0.1) is 5.82 Å². The van der Waals surface area contributed by atoms with E-state index in [-0.39, 0.29) is 23.9 Å². The monoisotopic (exact) mass is 385 g/mol. The quantitative estimate of drug-likeness (QED) is 0.810. The molecule has 1 aromatic carbocycles. The zero-order chi connectivity index (χ0) is 19.6. The summed E-state index contributed by atoms with van der Waals surface area (Å²) in [5.74, 6) is 0.267. The average molecular weight is 385 g/mol. The SMILES string of the molecule is COc1ncccc1CN1CCC2(CC1)CN(c1ccc(F)cc1)C(=O)CO2. The first-order valence-electron chi connectivity index (χ1n) is 9.49. The Labute approximate surface area is 163 Å². The number of likely N-dealkylation sites (tertiary alicyclic amines) is 1. The molecule has 2 aromatic rings. The Bertz CT molecular complexity index is 835. The van der Waals surface area contributed by atoms with Crippen molar-refractivity contribution in [2.24, 2.45) is 0 Å². The number of hydrogen-bond acceptors (Lipinski definition) is 5. The number of ether oxygens (including phenoxy) is 2. The summed E-state index contributed by atoms with van der Waals surface area (Å²) < 4.78 is 24.6. The van der Waals surface area contributed by atoms with Crippen LogP contribution < -0.4 is 9.64 Å². The molecule has 6 nitrogen and oxygen atoms in total. The van der Waals surface area contributed by atoms with Gasteiger partial charge in [0.1, 0.15) is 12.4 Å². The number of carbonyl (C=O) groups is 1. The number of methoxy groups -OCH3 is 1. The van der Waals surface area contributed by atoms with Crippen molar-refractivity contribution >= 4 is 11.6 Å². The van der Waals surface area contributed by atoms with Crippen LogP contribution in [0.3, 0.4) is 0 Å². The van der Waals surface area contributed by atoms with Crippen molar-refractivity contribution in [3.8, 4) is 5.88 Å². The van der Waals surface area contributed by atoms with Crippen LogP contribution in [0.2, 0.25) is 0 Å². The maximum absolute atomic E-state index is 13.2. The van der Waals surface area contributed by atoms with E-state index in [4.69, 9.17) is 9.47 Å². The molecule has 2 aliphatic rings. The van der Waals surface area contributed by atoms with Gasteiger partial charge in [-0.05, 0) is 43.2 Å². The van der Waals surface area contributed by atoms with Gasteiger partial charge in [0.15, 0.2) is 0 Å². The average Bonchev–Trinajstić information content (AvgIpc) is 2.73. The second-order valence-electron chi connectivity index (χ2n) is 7.38. The number of rotatable bonds is 4. The summed E-state index contributed by atoms with van der Waals surface area (Å²) >= 11 is 0. The van der Waals surface area contributed by atoms with Gasteiger partial charge in [-0.15, -0.1) is 0 Å². The van der Waals surface area contributed by atoms with Gasteiger partial charge in [0, 0.05) is 37.1 Å². The van der Waals surface area contributed by atoms with Gasteiger partial charge < -0.3 is 14.4 Å². The molecule has 4 rings (SSSR count). The molecule has 1 aromatic heterocycles. The van der Waals surface area contributed by atoms with Gasteiger partial charge in [0.2, 0.25) is 5.88 Å². The molecular weight excluding hydrogens is 361 g/mol. The molecule has 2 fully saturated rings. The number of anilines is 1. The standard InChI is InChI=1S/C21H24FN3O3/c1-27-20-16(3-2-10-23-20)13-24-11-8-21(9-12-24)15-25(19(26)14-28-21)18-6-4-17(22)5-7-18/h2-7,10H,8-9,11-15H2,1H3. The van der Waals surface area contributed by atoms with Crippen molar-refractivity contribution in [2.75, 3.05) is 38.3 Å². The van der Waals surface area contributed by atoms with Crippen LogP contribution in [0.4, 0.5) is 10.1 Å². The molecule has 0 N–H and O–H groups in total. The number of amides is 1. The topological polar surface area (TPSA) is 54.9 Å². The summed E-state index contributed by atoms with van der Waals surface area (Å²) in [6, 6.07) is 10.0. The molecule has 0 unspecified atom stereocenters. The highest BCUT2D eigenvalue weighted by Crippen LogP contribution is 2.33. The molecule has 1 spiro atoms. The largest absolute Gasteiger partial charge is 0.481 e. The molecule has 0 aliphatic carbocycles. The molecule has 2 aliphatic heterocycles. The van der Waals surface area contributed by atoms with Crippen molar-refractivity contribution in [2.45, 2.75) is 25.0 Å². The number of piperidine rings is 1. The lowest BCUT2D eigenvalue weighted by atomic mass is 9.89. The molecule has 0 saturated carbocycles. The van der Waals surface area contributed by atoms with Gasteiger partial charge in [-0.1, -0.05) is 6.07 Å². The maximum Gasteiger partial charge on any atom is 0.253 e. The summed E-state index contributed by atoms with van der Waals surface area (Å²) in [7, 11) is 1.63. The molecule has 0 radical (unpaired) electrons. The Hall–Kier alpha value is -2.51. The van der Waals surface area contributed by atoms with Crippen molar-refractivity contribution in [3.05, 3.63) is 54.0 Å². The minimum absolute atomic E-state index is 0.0633. The van der Waals surface area contributed by atoms with Crippen LogP contribution in [0.25, 0.3) is 0 Å². The predicted octanol–water partition coefficient (Wildman–Crippen LogP) is 2.63. The van der Waals surface area contributed by atoms with Crippen molar-refractivity contribution in [3.63, 3.8) is 0 Å². The summed E-state index contributed by atoms with van der Waals surface area (Å²) in [5, 5.41) is 0. The Morgan fingerprint density at radius 1 is 1.21 bits per heavy atom.